The van der Waals surface area contributed by atoms with Crippen LogP contribution in [0.25, 0.3) is 0 Å². The number of rotatable bonds is 2. The van der Waals surface area contributed by atoms with E-state index in [9.17, 15) is 18.0 Å². The van der Waals surface area contributed by atoms with Crippen LogP contribution in [-0.2, 0) is 18.3 Å². The highest BCUT2D eigenvalue weighted by Gasteiger charge is 2.46. The second kappa shape index (κ2) is 5.39. The molecular weight excluding hydrogens is 311 g/mol. The lowest BCUT2D eigenvalue weighted by Crippen LogP contribution is -2.43. The highest BCUT2D eigenvalue weighted by molar-refractivity contribution is 5.94. The molecular formula is C14H16F3N5O. The van der Waals surface area contributed by atoms with E-state index in [-0.39, 0.29) is 31.1 Å². The SMILES string of the molecule is Cc1cc2n(n1)C(C(F)(F)F)CCN2C(=O)Cc1ccnn1C. The second-order valence-corrected chi connectivity index (χ2v) is 5.60. The maximum Gasteiger partial charge on any atom is 0.410 e. The van der Waals surface area contributed by atoms with Gasteiger partial charge in [-0.2, -0.15) is 23.4 Å². The summed E-state index contributed by atoms with van der Waals surface area (Å²) in [7, 11) is 1.72. The molecule has 9 heteroatoms. The molecule has 0 fully saturated rings. The Balaban J connectivity index is 1.89. The van der Waals surface area contributed by atoms with Gasteiger partial charge in [0.2, 0.25) is 5.91 Å². The maximum absolute atomic E-state index is 13.1. The Morgan fingerprint density at radius 2 is 2.17 bits per heavy atom. The predicted octanol–water partition coefficient (Wildman–Crippen LogP) is 2.01. The molecule has 2 aromatic rings. The van der Waals surface area contributed by atoms with E-state index in [2.05, 4.69) is 10.2 Å². The molecule has 1 aliphatic heterocycles. The molecule has 0 N–H and O–H groups in total. The Morgan fingerprint density at radius 1 is 1.43 bits per heavy atom. The number of hydrogen-bond donors (Lipinski definition) is 0. The molecule has 2 aromatic heterocycles. The van der Waals surface area contributed by atoms with E-state index >= 15 is 0 Å². The molecule has 0 saturated heterocycles. The van der Waals surface area contributed by atoms with Crippen LogP contribution in [0.5, 0.6) is 0 Å². The van der Waals surface area contributed by atoms with Gasteiger partial charge in [-0.05, 0) is 19.4 Å². The van der Waals surface area contributed by atoms with Crippen LogP contribution in [-0.4, -0.2) is 38.2 Å². The molecule has 3 heterocycles. The molecule has 0 aliphatic carbocycles. The van der Waals surface area contributed by atoms with E-state index in [1.165, 1.54) is 11.0 Å². The van der Waals surface area contributed by atoms with Crippen LogP contribution in [0.1, 0.15) is 23.9 Å². The van der Waals surface area contributed by atoms with E-state index < -0.39 is 12.2 Å². The minimum absolute atomic E-state index is 0.0198. The van der Waals surface area contributed by atoms with Crippen LogP contribution in [0.2, 0.25) is 0 Å². The summed E-state index contributed by atoms with van der Waals surface area (Å²) < 4.78 is 41.9. The smallest absolute Gasteiger partial charge is 0.297 e. The number of nitrogens with zero attached hydrogens (tertiary/aromatic N) is 5. The molecule has 0 bridgehead atoms. The highest BCUT2D eigenvalue weighted by Crippen LogP contribution is 2.39. The lowest BCUT2D eigenvalue weighted by molar-refractivity contribution is -0.173. The van der Waals surface area contributed by atoms with E-state index in [1.54, 1.807) is 30.9 Å². The Morgan fingerprint density at radius 3 is 2.78 bits per heavy atom. The van der Waals surface area contributed by atoms with E-state index in [4.69, 9.17) is 0 Å². The molecule has 1 aliphatic rings. The quantitative estimate of drug-likeness (QED) is 0.848. The Bertz CT molecular complexity index is 733. The third-order valence-corrected chi connectivity index (χ3v) is 3.97. The Hall–Kier alpha value is -2.32. The largest absolute Gasteiger partial charge is 0.410 e. The van der Waals surface area contributed by atoms with Gasteiger partial charge in [-0.15, -0.1) is 0 Å². The maximum atomic E-state index is 13.1. The first-order chi connectivity index (χ1) is 10.8. The first kappa shape index (κ1) is 15.6. The van der Waals surface area contributed by atoms with Gasteiger partial charge in [-0.25, -0.2) is 4.68 Å². The molecule has 0 saturated carbocycles. The lowest BCUT2D eigenvalue weighted by Gasteiger charge is -2.33. The van der Waals surface area contributed by atoms with Crippen molar-refractivity contribution in [1.29, 1.82) is 0 Å². The van der Waals surface area contributed by atoms with E-state index in [1.807, 2.05) is 0 Å². The molecule has 124 valence electrons. The van der Waals surface area contributed by atoms with Gasteiger partial charge in [0.15, 0.2) is 6.04 Å². The van der Waals surface area contributed by atoms with Crippen LogP contribution >= 0.6 is 0 Å². The number of aromatic nitrogens is 4. The number of amides is 1. The van der Waals surface area contributed by atoms with E-state index in [0.717, 1.165) is 4.68 Å². The van der Waals surface area contributed by atoms with Gasteiger partial charge in [0.1, 0.15) is 5.82 Å². The molecule has 1 unspecified atom stereocenters. The van der Waals surface area contributed by atoms with Gasteiger partial charge >= 0.3 is 6.18 Å². The number of fused-ring (bicyclic) bond motifs is 1. The number of halogens is 3. The number of carbonyl (C=O) groups is 1. The number of carbonyl (C=O) groups excluding carboxylic acids is 1. The zero-order valence-corrected chi connectivity index (χ0v) is 12.7. The molecule has 6 nitrogen and oxygen atoms in total. The Kier molecular flexibility index (Phi) is 3.65. The monoisotopic (exact) mass is 327 g/mol. The number of anilines is 1. The van der Waals surface area contributed by atoms with Crippen LogP contribution in [0, 0.1) is 6.92 Å². The van der Waals surface area contributed by atoms with Gasteiger partial charge in [0.25, 0.3) is 0 Å². The fourth-order valence-corrected chi connectivity index (χ4v) is 2.80. The minimum atomic E-state index is -4.38. The van der Waals surface area contributed by atoms with Gasteiger partial charge in [-0.1, -0.05) is 0 Å². The lowest BCUT2D eigenvalue weighted by atomic mass is 10.1. The van der Waals surface area contributed by atoms with Crippen LogP contribution < -0.4 is 4.90 Å². The molecule has 1 amide bonds. The fourth-order valence-electron chi connectivity index (χ4n) is 2.80. The van der Waals surface area contributed by atoms with Crippen molar-refractivity contribution in [2.75, 3.05) is 11.4 Å². The standard InChI is InChI=1S/C14H16F3N5O/c1-9-7-12-21(13(23)8-10-3-5-18-20(10)2)6-4-11(14(15,16)17)22(12)19-9/h3,5,7,11H,4,6,8H2,1-2H3. The molecule has 3 rings (SSSR count). The summed E-state index contributed by atoms with van der Waals surface area (Å²) in [5.41, 5.74) is 1.16. The third-order valence-electron chi connectivity index (χ3n) is 3.97. The number of alkyl halides is 3. The topological polar surface area (TPSA) is 56.0 Å². The van der Waals surface area contributed by atoms with Crippen molar-refractivity contribution < 1.29 is 18.0 Å². The van der Waals surface area contributed by atoms with E-state index in [0.29, 0.717) is 11.4 Å². The van der Waals surface area contributed by atoms with Crippen molar-refractivity contribution >= 4 is 11.7 Å². The summed E-state index contributed by atoms with van der Waals surface area (Å²) in [6.45, 7) is 1.63. The third kappa shape index (κ3) is 2.82. The summed E-state index contributed by atoms with van der Waals surface area (Å²) in [6, 6.07) is 1.54. The van der Waals surface area contributed by atoms with Crippen molar-refractivity contribution in [2.45, 2.75) is 32.0 Å². The van der Waals surface area contributed by atoms with Gasteiger partial charge < -0.3 is 0 Å². The predicted molar refractivity (Wildman–Crippen MR) is 75.9 cm³/mol. The van der Waals surface area contributed by atoms with Crippen molar-refractivity contribution in [3.8, 4) is 0 Å². The number of hydrogen-bond acceptors (Lipinski definition) is 3. The summed E-state index contributed by atoms with van der Waals surface area (Å²) in [5, 5.41) is 7.92. The average molecular weight is 327 g/mol. The second-order valence-electron chi connectivity index (χ2n) is 5.60. The first-order valence-electron chi connectivity index (χ1n) is 7.17. The number of aryl methyl sites for hydroxylation is 2. The molecule has 0 aromatic carbocycles. The highest BCUT2D eigenvalue weighted by atomic mass is 19.4. The average Bonchev–Trinajstić information content (AvgIpc) is 3.01. The molecule has 0 radical (unpaired) electrons. The van der Waals surface area contributed by atoms with Crippen molar-refractivity contribution in [2.24, 2.45) is 7.05 Å². The van der Waals surface area contributed by atoms with Crippen molar-refractivity contribution in [1.82, 2.24) is 19.6 Å². The molecule has 23 heavy (non-hydrogen) atoms. The minimum Gasteiger partial charge on any atom is -0.297 e. The van der Waals surface area contributed by atoms with Crippen LogP contribution in [0.3, 0.4) is 0 Å². The first-order valence-corrected chi connectivity index (χ1v) is 7.17. The molecule has 0 spiro atoms. The van der Waals surface area contributed by atoms with Gasteiger partial charge in [0.05, 0.1) is 12.1 Å². The van der Waals surface area contributed by atoms with Gasteiger partial charge in [-0.3, -0.25) is 14.4 Å². The van der Waals surface area contributed by atoms with Crippen molar-refractivity contribution in [3.63, 3.8) is 0 Å². The zero-order valence-electron chi connectivity index (χ0n) is 12.7. The Labute approximate surface area is 130 Å². The fraction of sp³-hybridized carbons (Fsp3) is 0.500. The van der Waals surface area contributed by atoms with Gasteiger partial charge in [0, 0.05) is 31.5 Å². The van der Waals surface area contributed by atoms with Crippen molar-refractivity contribution in [3.05, 3.63) is 29.7 Å². The van der Waals surface area contributed by atoms with Crippen LogP contribution in [0.15, 0.2) is 18.3 Å². The summed E-state index contributed by atoms with van der Waals surface area (Å²) in [5.74, 6) is -0.0707. The van der Waals surface area contributed by atoms with Crippen LogP contribution in [0.4, 0.5) is 19.0 Å². The zero-order chi connectivity index (χ0) is 16.8. The molecule has 1 atom stereocenters. The summed E-state index contributed by atoms with van der Waals surface area (Å²) in [4.78, 5) is 13.9. The normalized spacial score (nSPS) is 18.1. The summed E-state index contributed by atoms with van der Waals surface area (Å²) in [6.07, 6.45) is -2.93. The summed E-state index contributed by atoms with van der Waals surface area (Å²) >= 11 is 0.